The fourth-order valence-corrected chi connectivity index (χ4v) is 2.37. The van der Waals surface area contributed by atoms with Crippen molar-refractivity contribution in [3.8, 4) is 0 Å². The Bertz CT molecular complexity index is 759. The Morgan fingerprint density at radius 1 is 0.475 bits per heavy atom. The molecule has 3 atom stereocenters. The Kier molecular flexibility index (Phi) is 16.8. The highest BCUT2D eigenvalue weighted by Crippen LogP contribution is 2.04. The van der Waals surface area contributed by atoms with Crippen LogP contribution < -0.4 is 16.0 Å². The molecule has 0 aromatic heterocycles. The highest BCUT2D eigenvalue weighted by Gasteiger charge is 2.28. The van der Waals surface area contributed by atoms with Gasteiger partial charge in [-0.25, -0.2) is 14.4 Å². The van der Waals surface area contributed by atoms with Crippen LogP contribution in [0.5, 0.6) is 0 Å². The molecule has 0 fully saturated rings. The summed E-state index contributed by atoms with van der Waals surface area (Å²) >= 11 is 0. The molecular formula is C24H43BN3O12-. The molecule has 40 heavy (non-hydrogen) atoms. The number of alkyl carbamates (subject to hydrolysis) is 3. The van der Waals surface area contributed by atoms with Crippen molar-refractivity contribution in [3.63, 3.8) is 0 Å². The molecule has 0 bridgehead atoms. The number of carbonyl (C=O) groups excluding carboxylic acids is 6. The Morgan fingerprint density at radius 2 is 0.700 bits per heavy atom. The van der Waals surface area contributed by atoms with Crippen LogP contribution in [0.25, 0.3) is 0 Å². The molecule has 0 heterocycles. The van der Waals surface area contributed by atoms with Gasteiger partial charge in [-0.15, -0.1) is 0 Å². The normalized spacial score (nSPS) is 13.1. The molecule has 0 unspecified atom stereocenters. The van der Waals surface area contributed by atoms with Gasteiger partial charge in [-0.1, -0.05) is 41.5 Å². The van der Waals surface area contributed by atoms with Gasteiger partial charge >= 0.3 is 25.6 Å². The number of hydrogen-bond acceptors (Lipinski definition) is 12. The second-order valence-corrected chi connectivity index (χ2v) is 10.3. The van der Waals surface area contributed by atoms with Crippen molar-refractivity contribution in [2.75, 3.05) is 19.8 Å². The van der Waals surface area contributed by atoms with E-state index < -0.39 is 61.6 Å². The summed E-state index contributed by atoms with van der Waals surface area (Å²) in [4.78, 5) is 73.3. The number of carbonyl (C=O) groups is 6. The van der Waals surface area contributed by atoms with Crippen LogP contribution in [0.3, 0.4) is 0 Å². The third kappa shape index (κ3) is 17.0. The van der Waals surface area contributed by atoms with E-state index in [1.165, 1.54) is 20.8 Å². The van der Waals surface area contributed by atoms with Gasteiger partial charge in [0.05, 0.1) is 19.8 Å². The van der Waals surface area contributed by atoms with Crippen LogP contribution in [0.1, 0.15) is 62.3 Å². The van der Waals surface area contributed by atoms with E-state index in [1.807, 2.05) is 41.5 Å². The molecule has 3 amide bonds. The second kappa shape index (κ2) is 18.6. The van der Waals surface area contributed by atoms with E-state index >= 15 is 0 Å². The van der Waals surface area contributed by atoms with Crippen LogP contribution in [0.4, 0.5) is 14.4 Å². The third-order valence-corrected chi connectivity index (χ3v) is 4.49. The van der Waals surface area contributed by atoms with Gasteiger partial charge in [0.2, 0.25) is 0 Å². The molecule has 0 aromatic rings. The average molecular weight is 576 g/mol. The van der Waals surface area contributed by atoms with Crippen LogP contribution in [0.2, 0.25) is 0 Å². The average Bonchev–Trinajstić information content (AvgIpc) is 2.84. The van der Waals surface area contributed by atoms with E-state index in [2.05, 4.69) is 16.0 Å². The maximum absolute atomic E-state index is 12.5. The van der Waals surface area contributed by atoms with E-state index in [-0.39, 0.29) is 37.6 Å². The summed E-state index contributed by atoms with van der Waals surface area (Å²) in [7, 11) is -3.26. The molecule has 0 saturated carbocycles. The van der Waals surface area contributed by atoms with Crippen molar-refractivity contribution < 1.29 is 56.9 Å². The van der Waals surface area contributed by atoms with E-state index in [4.69, 9.17) is 28.2 Å². The highest BCUT2D eigenvalue weighted by atomic mass is 16.8. The predicted molar refractivity (Wildman–Crippen MR) is 142 cm³/mol. The summed E-state index contributed by atoms with van der Waals surface area (Å²) in [5, 5.41) is 6.72. The lowest BCUT2D eigenvalue weighted by atomic mass is 10.2. The highest BCUT2D eigenvalue weighted by molar-refractivity contribution is 6.44. The molecule has 0 spiro atoms. The number of nitrogens with one attached hydrogen (secondary N) is 3. The molecule has 230 valence electrons. The first-order valence-corrected chi connectivity index (χ1v) is 13.1. The van der Waals surface area contributed by atoms with Gasteiger partial charge < -0.3 is 44.1 Å². The lowest BCUT2D eigenvalue weighted by molar-refractivity contribution is -0.150. The molecule has 0 aromatic carbocycles. The molecule has 0 radical (unpaired) electrons. The third-order valence-electron chi connectivity index (χ3n) is 4.49. The summed E-state index contributed by atoms with van der Waals surface area (Å²) in [6.07, 6.45) is -2.68. The van der Waals surface area contributed by atoms with Crippen molar-refractivity contribution in [1.82, 2.24) is 16.0 Å². The maximum atomic E-state index is 12.5. The largest absolute Gasteiger partial charge is 0.624 e. The van der Waals surface area contributed by atoms with Crippen LogP contribution in [0, 0.1) is 17.8 Å². The topological polar surface area (TPSA) is 194 Å². The number of amides is 3. The van der Waals surface area contributed by atoms with E-state index in [0.29, 0.717) is 0 Å². The van der Waals surface area contributed by atoms with Gasteiger partial charge in [0.25, 0.3) is 17.9 Å². The van der Waals surface area contributed by atoms with Crippen LogP contribution in [-0.4, -0.2) is 81.5 Å². The van der Waals surface area contributed by atoms with Crippen molar-refractivity contribution in [1.29, 1.82) is 0 Å². The van der Waals surface area contributed by atoms with E-state index in [1.54, 1.807) is 0 Å². The van der Waals surface area contributed by atoms with E-state index in [9.17, 15) is 28.8 Å². The molecular weight excluding hydrogens is 533 g/mol. The zero-order chi connectivity index (χ0) is 31.0. The Balaban J connectivity index is 5.36. The molecule has 3 N–H and O–H groups in total. The first kappa shape index (κ1) is 36.3. The Hall–Kier alpha value is -3.72. The zero-order valence-corrected chi connectivity index (χ0v) is 24.7. The minimum Gasteiger partial charge on any atom is -0.624 e. The number of ether oxygens (including phenoxy) is 3. The van der Waals surface area contributed by atoms with Gasteiger partial charge in [0.1, 0.15) is 18.1 Å². The minimum absolute atomic E-state index is 0.0529. The van der Waals surface area contributed by atoms with Crippen molar-refractivity contribution >= 4 is 43.5 Å². The van der Waals surface area contributed by atoms with Crippen molar-refractivity contribution in [2.24, 2.45) is 17.8 Å². The van der Waals surface area contributed by atoms with Gasteiger partial charge in [-0.2, -0.15) is 0 Å². The molecule has 0 aliphatic heterocycles. The number of hydrogen-bond donors (Lipinski definition) is 3. The first-order chi connectivity index (χ1) is 18.5. The van der Waals surface area contributed by atoms with Crippen LogP contribution in [-0.2, 0) is 42.6 Å². The standard InChI is InChI=1S/C24H43BN3O12/c1-13(2)10-35-22(32)26-16(7)19(29)38-25(39-20(30)17(8)27-23(33)36-11-14(3)4)40-21(31)18(9)28-24(34)37-12-15(5)6/h13-18,25H,10-12H2,1-9H3,(H,26,32)(H,27,33)(H,28,34)/q-1/t16-,17-,18-/m0/s1. The van der Waals surface area contributed by atoms with Crippen LogP contribution >= 0.6 is 0 Å². The quantitative estimate of drug-likeness (QED) is 0.189. The monoisotopic (exact) mass is 576 g/mol. The second-order valence-electron chi connectivity index (χ2n) is 10.3. The number of rotatable bonds is 15. The Morgan fingerprint density at radius 3 is 0.900 bits per heavy atom. The summed E-state index contributed by atoms with van der Waals surface area (Å²) in [6.45, 7) is 15.0. The maximum Gasteiger partial charge on any atom is 0.541 e. The smallest absolute Gasteiger partial charge is 0.541 e. The SMILES string of the molecule is CC(C)COC(=O)N[C@@H](C)C(=O)O[BH-](OC(=O)[C@H](C)NC(=O)OCC(C)C)OC(=O)[C@H](C)NC(=O)OCC(C)C. The summed E-state index contributed by atoms with van der Waals surface area (Å²) in [5.41, 5.74) is 0. The lowest BCUT2D eigenvalue weighted by Crippen LogP contribution is -2.49. The van der Waals surface area contributed by atoms with Gasteiger partial charge in [0, 0.05) is 0 Å². The van der Waals surface area contributed by atoms with Crippen LogP contribution in [0.15, 0.2) is 0 Å². The van der Waals surface area contributed by atoms with Gasteiger partial charge in [-0.05, 0) is 38.5 Å². The molecule has 0 saturated heterocycles. The minimum atomic E-state index is -3.26. The summed E-state index contributed by atoms with van der Waals surface area (Å²) in [6, 6.07) is -3.85. The summed E-state index contributed by atoms with van der Waals surface area (Å²) in [5.74, 6) is -3.19. The molecule has 16 heteroatoms. The summed E-state index contributed by atoms with van der Waals surface area (Å²) < 4.78 is 30.0. The molecule has 0 aliphatic carbocycles. The first-order valence-electron chi connectivity index (χ1n) is 13.1. The molecule has 15 nitrogen and oxygen atoms in total. The fourth-order valence-electron chi connectivity index (χ4n) is 2.37. The van der Waals surface area contributed by atoms with Crippen molar-refractivity contribution in [2.45, 2.75) is 80.4 Å². The predicted octanol–water partition coefficient (Wildman–Crippen LogP) is 1.65. The molecule has 0 aliphatic rings. The lowest BCUT2D eigenvalue weighted by Gasteiger charge is -2.31. The zero-order valence-electron chi connectivity index (χ0n) is 24.7. The Labute approximate surface area is 234 Å². The van der Waals surface area contributed by atoms with E-state index in [0.717, 1.165) is 0 Å². The van der Waals surface area contributed by atoms with Gasteiger partial charge in [0.15, 0.2) is 0 Å². The van der Waals surface area contributed by atoms with Crippen molar-refractivity contribution in [3.05, 3.63) is 0 Å². The van der Waals surface area contributed by atoms with Gasteiger partial charge in [-0.3, -0.25) is 14.4 Å². The molecule has 0 rings (SSSR count). The fraction of sp³-hybridized carbons (Fsp3) is 0.750.